The van der Waals surface area contributed by atoms with Crippen LogP contribution in [0.5, 0.6) is 5.75 Å². The second-order valence-corrected chi connectivity index (χ2v) is 9.40. The van der Waals surface area contributed by atoms with Gasteiger partial charge in [-0.2, -0.15) is 0 Å². The van der Waals surface area contributed by atoms with Crippen molar-refractivity contribution in [2.45, 2.75) is 23.3 Å². The minimum Gasteiger partial charge on any atom is -0.497 e. The van der Waals surface area contributed by atoms with Crippen LogP contribution in [0.2, 0.25) is 0 Å². The highest BCUT2D eigenvalue weighted by atomic mass is 32.2. The molecule has 150 valence electrons. The van der Waals surface area contributed by atoms with Crippen molar-refractivity contribution in [2.24, 2.45) is 5.73 Å². The maximum absolute atomic E-state index is 13.7. The van der Waals surface area contributed by atoms with Crippen LogP contribution < -0.4 is 14.8 Å². The molecule has 1 aromatic heterocycles. The maximum Gasteiger partial charge on any atom is 0.266 e. The normalized spacial score (nSPS) is 14.9. The summed E-state index contributed by atoms with van der Waals surface area (Å²) in [4.78, 5) is 15.7. The molecule has 2 N–H and O–H groups in total. The summed E-state index contributed by atoms with van der Waals surface area (Å²) in [6, 6.07) is 13.1. The van der Waals surface area contributed by atoms with Crippen LogP contribution >= 0.6 is 11.3 Å². The fraction of sp³-hybridized carbons (Fsp3) is 0.200. The van der Waals surface area contributed by atoms with Gasteiger partial charge in [0.25, 0.3) is 10.0 Å². The number of carbonyl (C=O) groups excluding carboxylic acids is 1. The van der Waals surface area contributed by atoms with E-state index in [0.29, 0.717) is 23.7 Å². The van der Waals surface area contributed by atoms with Crippen molar-refractivity contribution in [2.75, 3.05) is 11.4 Å². The Labute approximate surface area is 172 Å². The Morgan fingerprint density at radius 1 is 1.21 bits per heavy atom. The second kappa shape index (κ2) is 7.16. The first-order valence-electron chi connectivity index (χ1n) is 8.88. The summed E-state index contributed by atoms with van der Waals surface area (Å²) in [6.45, 7) is 0. The monoisotopic (exact) mass is 429 g/mol. The lowest BCUT2D eigenvalue weighted by atomic mass is 10.0. The largest absolute Gasteiger partial charge is 0.497 e. The Kier molecular flexibility index (Phi) is 4.79. The van der Waals surface area contributed by atoms with Crippen molar-refractivity contribution in [1.82, 2.24) is 4.98 Å². The molecule has 1 amide bonds. The van der Waals surface area contributed by atoms with Gasteiger partial charge < -0.3 is 10.5 Å². The number of thiazole rings is 1. The number of ether oxygens (including phenoxy) is 1. The van der Waals surface area contributed by atoms with E-state index < -0.39 is 21.5 Å². The number of nitrogens with zero attached hydrogens (tertiary/aromatic N) is 2. The van der Waals surface area contributed by atoms with Gasteiger partial charge in [-0.25, -0.2) is 17.7 Å². The van der Waals surface area contributed by atoms with Gasteiger partial charge in [-0.3, -0.25) is 4.79 Å². The van der Waals surface area contributed by atoms with E-state index in [-0.39, 0.29) is 10.5 Å². The van der Waals surface area contributed by atoms with Crippen LogP contribution in [0.3, 0.4) is 0 Å². The molecule has 29 heavy (non-hydrogen) atoms. The average Bonchev–Trinajstić information content (AvgIpc) is 3.34. The van der Waals surface area contributed by atoms with Crippen LogP contribution in [-0.4, -0.2) is 26.4 Å². The number of methoxy groups -OCH3 is 1. The molecule has 0 radical (unpaired) electrons. The quantitative estimate of drug-likeness (QED) is 0.622. The van der Waals surface area contributed by atoms with Crippen LogP contribution in [0.1, 0.15) is 28.8 Å². The highest BCUT2D eigenvalue weighted by Gasteiger charge is 2.55. The number of aromatic nitrogens is 1. The summed E-state index contributed by atoms with van der Waals surface area (Å²) < 4.78 is 34.1. The molecule has 1 fully saturated rings. The highest BCUT2D eigenvalue weighted by molar-refractivity contribution is 7.93. The summed E-state index contributed by atoms with van der Waals surface area (Å²) in [5.74, 6) is 0.0526. The minimum atomic E-state index is -3.94. The van der Waals surface area contributed by atoms with Gasteiger partial charge in [0.1, 0.15) is 5.75 Å². The fourth-order valence-corrected chi connectivity index (χ4v) is 6.12. The van der Waals surface area contributed by atoms with Crippen molar-refractivity contribution in [3.63, 3.8) is 0 Å². The molecule has 0 spiro atoms. The number of rotatable bonds is 7. The van der Waals surface area contributed by atoms with Gasteiger partial charge in [0.15, 0.2) is 5.13 Å². The van der Waals surface area contributed by atoms with Gasteiger partial charge in [-0.15, -0.1) is 11.3 Å². The molecule has 1 aliphatic carbocycles. The number of hydrogen-bond donors (Lipinski definition) is 1. The zero-order chi connectivity index (χ0) is 20.6. The Bertz CT molecular complexity index is 1140. The van der Waals surface area contributed by atoms with E-state index in [1.807, 2.05) is 24.3 Å². The fourth-order valence-electron chi connectivity index (χ4n) is 3.37. The first-order chi connectivity index (χ1) is 13.9. The van der Waals surface area contributed by atoms with E-state index in [1.165, 1.54) is 39.9 Å². The van der Waals surface area contributed by atoms with Crippen molar-refractivity contribution >= 4 is 32.4 Å². The van der Waals surface area contributed by atoms with Crippen LogP contribution in [0, 0.1) is 0 Å². The summed E-state index contributed by atoms with van der Waals surface area (Å²) >= 11 is 1.26. The zero-order valence-electron chi connectivity index (χ0n) is 15.6. The number of hydrogen-bond acceptors (Lipinski definition) is 6. The third-order valence-corrected chi connectivity index (χ3v) is 7.73. The predicted octanol–water partition coefficient (Wildman–Crippen LogP) is 3.14. The third-order valence-electron chi connectivity index (χ3n) is 4.99. The minimum absolute atomic E-state index is 0.0758. The van der Waals surface area contributed by atoms with Crippen LogP contribution in [0.25, 0.3) is 0 Å². The first-order valence-corrected chi connectivity index (χ1v) is 11.2. The Balaban J connectivity index is 1.84. The van der Waals surface area contributed by atoms with E-state index in [2.05, 4.69) is 4.98 Å². The Morgan fingerprint density at radius 2 is 1.93 bits per heavy atom. The summed E-state index contributed by atoms with van der Waals surface area (Å²) in [6.07, 6.45) is 2.91. The lowest BCUT2D eigenvalue weighted by Gasteiger charge is -2.31. The first kappa shape index (κ1) is 19.4. The summed E-state index contributed by atoms with van der Waals surface area (Å²) in [5.41, 5.74) is 5.64. The molecule has 1 aliphatic rings. The van der Waals surface area contributed by atoms with Gasteiger partial charge in [0, 0.05) is 17.1 Å². The number of benzene rings is 2. The molecule has 2 aromatic carbocycles. The van der Waals surface area contributed by atoms with E-state index in [9.17, 15) is 13.2 Å². The Hall–Kier alpha value is -2.91. The zero-order valence-corrected chi connectivity index (χ0v) is 17.2. The molecule has 9 heteroatoms. The molecular formula is C20H19N3O4S2. The van der Waals surface area contributed by atoms with E-state index >= 15 is 0 Å². The van der Waals surface area contributed by atoms with E-state index in [0.717, 1.165) is 5.56 Å². The predicted molar refractivity (Wildman–Crippen MR) is 111 cm³/mol. The smallest absolute Gasteiger partial charge is 0.266 e. The SMILES string of the molecule is COc1cccc(C2(N(c3nccs3)S(=O)(=O)c3ccc(C(N)=O)cc3)CC2)c1. The number of anilines is 1. The molecule has 3 aromatic rings. The average molecular weight is 430 g/mol. The summed E-state index contributed by atoms with van der Waals surface area (Å²) in [5, 5.41) is 2.14. The standard InChI is InChI=1S/C20H19N3O4S2/c1-27-16-4-2-3-15(13-16)20(9-10-20)23(19-22-11-12-28-19)29(25,26)17-7-5-14(6-8-17)18(21)24/h2-8,11-13H,9-10H2,1H3,(H2,21,24). The number of carbonyl (C=O) groups is 1. The van der Waals surface area contributed by atoms with E-state index in [1.54, 1.807) is 18.7 Å². The number of sulfonamides is 1. The molecule has 1 saturated carbocycles. The molecular weight excluding hydrogens is 410 g/mol. The number of amides is 1. The van der Waals surface area contributed by atoms with Gasteiger partial charge in [-0.05, 0) is 54.8 Å². The number of primary amides is 1. The van der Waals surface area contributed by atoms with Gasteiger partial charge in [-0.1, -0.05) is 12.1 Å². The van der Waals surface area contributed by atoms with Gasteiger partial charge in [0.2, 0.25) is 5.91 Å². The molecule has 1 heterocycles. The molecule has 0 saturated heterocycles. The molecule has 4 rings (SSSR count). The summed E-state index contributed by atoms with van der Waals surface area (Å²) in [7, 11) is -2.36. The van der Waals surface area contributed by atoms with Crippen molar-refractivity contribution < 1.29 is 17.9 Å². The Morgan fingerprint density at radius 3 is 2.48 bits per heavy atom. The van der Waals surface area contributed by atoms with Gasteiger partial charge in [0.05, 0.1) is 17.5 Å². The molecule has 0 unspecified atom stereocenters. The van der Waals surface area contributed by atoms with Crippen molar-refractivity contribution in [3.05, 3.63) is 71.2 Å². The number of nitrogens with two attached hydrogens (primary N) is 1. The van der Waals surface area contributed by atoms with Crippen molar-refractivity contribution in [3.8, 4) is 5.75 Å². The molecule has 0 aliphatic heterocycles. The topological polar surface area (TPSA) is 103 Å². The second-order valence-electron chi connectivity index (χ2n) is 6.74. The molecule has 0 atom stereocenters. The highest BCUT2D eigenvalue weighted by Crippen LogP contribution is 2.55. The lowest BCUT2D eigenvalue weighted by molar-refractivity contribution is 0.1000. The van der Waals surface area contributed by atoms with E-state index in [4.69, 9.17) is 10.5 Å². The van der Waals surface area contributed by atoms with Crippen LogP contribution in [0.15, 0.2) is 65.0 Å². The third kappa shape index (κ3) is 3.36. The van der Waals surface area contributed by atoms with Crippen molar-refractivity contribution in [1.29, 1.82) is 0 Å². The van der Waals surface area contributed by atoms with Crippen LogP contribution in [-0.2, 0) is 15.6 Å². The molecule has 0 bridgehead atoms. The maximum atomic E-state index is 13.7. The lowest BCUT2D eigenvalue weighted by Crippen LogP contribution is -2.40. The van der Waals surface area contributed by atoms with Crippen LogP contribution in [0.4, 0.5) is 5.13 Å². The molecule has 7 nitrogen and oxygen atoms in total. The van der Waals surface area contributed by atoms with Gasteiger partial charge >= 0.3 is 0 Å².